The molecule has 0 amide bonds. The molecule has 1 aromatic carbocycles. The van der Waals surface area contributed by atoms with Crippen molar-refractivity contribution in [3.8, 4) is 11.1 Å². The van der Waals surface area contributed by atoms with Crippen molar-refractivity contribution in [3.05, 3.63) is 41.5 Å². The molecule has 0 fully saturated rings. The summed E-state index contributed by atoms with van der Waals surface area (Å²) >= 11 is 1.54. The zero-order valence-corrected chi connectivity index (χ0v) is 14.7. The van der Waals surface area contributed by atoms with Gasteiger partial charge < -0.3 is 10.0 Å². The number of carboxylic acid groups (broad SMARTS) is 1. The van der Waals surface area contributed by atoms with E-state index in [1.807, 2.05) is 0 Å². The Morgan fingerprint density at radius 2 is 1.96 bits per heavy atom. The van der Waals surface area contributed by atoms with Crippen LogP contribution in [0.5, 0.6) is 0 Å². The number of anilines is 1. The third-order valence-electron chi connectivity index (χ3n) is 3.97. The fourth-order valence-corrected chi connectivity index (χ4v) is 3.60. The number of nitrogens with zero attached hydrogens (tertiary/aromatic N) is 3. The molecule has 124 valence electrons. The molecule has 0 unspecified atom stereocenters. The van der Waals surface area contributed by atoms with Crippen molar-refractivity contribution in [1.29, 1.82) is 0 Å². The first kappa shape index (κ1) is 16.4. The van der Waals surface area contributed by atoms with E-state index in [0.717, 1.165) is 21.3 Å². The van der Waals surface area contributed by atoms with Crippen molar-refractivity contribution in [1.82, 2.24) is 9.97 Å². The molecule has 0 saturated heterocycles. The van der Waals surface area contributed by atoms with Gasteiger partial charge in [-0.2, -0.15) is 0 Å². The zero-order chi connectivity index (χ0) is 17.3. The predicted octanol–water partition coefficient (Wildman–Crippen LogP) is 4.00. The average molecular weight is 341 g/mol. The Bertz CT molecular complexity index is 872. The highest BCUT2D eigenvalue weighted by Crippen LogP contribution is 2.37. The monoisotopic (exact) mass is 341 g/mol. The Morgan fingerprint density at radius 3 is 2.58 bits per heavy atom. The maximum Gasteiger partial charge on any atom is 0.323 e. The highest BCUT2D eigenvalue weighted by Gasteiger charge is 2.17. The van der Waals surface area contributed by atoms with Crippen LogP contribution in [0.25, 0.3) is 21.3 Å². The first-order chi connectivity index (χ1) is 11.5. The van der Waals surface area contributed by atoms with Gasteiger partial charge in [-0.3, -0.25) is 4.79 Å². The topological polar surface area (TPSA) is 66.3 Å². The minimum absolute atomic E-state index is 0.103. The number of aromatic nitrogens is 2. The van der Waals surface area contributed by atoms with E-state index < -0.39 is 5.97 Å². The fraction of sp³-hybridized carbons (Fsp3) is 0.278. The molecule has 0 bridgehead atoms. The molecule has 1 N–H and O–H groups in total. The number of hydrogen-bond acceptors (Lipinski definition) is 5. The lowest BCUT2D eigenvalue weighted by Crippen LogP contribution is -2.26. The average Bonchev–Trinajstić information content (AvgIpc) is 2.98. The lowest BCUT2D eigenvalue weighted by Gasteiger charge is -2.17. The van der Waals surface area contributed by atoms with Gasteiger partial charge in [-0.1, -0.05) is 38.1 Å². The van der Waals surface area contributed by atoms with Crippen LogP contribution in [0.2, 0.25) is 0 Å². The van der Waals surface area contributed by atoms with Gasteiger partial charge >= 0.3 is 5.97 Å². The van der Waals surface area contributed by atoms with E-state index in [-0.39, 0.29) is 6.54 Å². The molecule has 5 nitrogen and oxygen atoms in total. The number of aliphatic carboxylic acids is 1. The van der Waals surface area contributed by atoms with Crippen LogP contribution in [0.15, 0.2) is 36.0 Å². The number of carbonyl (C=O) groups is 1. The van der Waals surface area contributed by atoms with Crippen molar-refractivity contribution < 1.29 is 9.90 Å². The summed E-state index contributed by atoms with van der Waals surface area (Å²) in [6.07, 6.45) is 1.48. The first-order valence-electron chi connectivity index (χ1n) is 7.73. The second-order valence-electron chi connectivity index (χ2n) is 6.05. The molecule has 0 aliphatic heterocycles. The van der Waals surface area contributed by atoms with E-state index >= 15 is 0 Å². The summed E-state index contributed by atoms with van der Waals surface area (Å²) < 4.78 is 0. The number of fused-ring (bicyclic) bond motifs is 1. The van der Waals surface area contributed by atoms with Gasteiger partial charge in [-0.05, 0) is 17.0 Å². The van der Waals surface area contributed by atoms with Gasteiger partial charge in [0, 0.05) is 18.0 Å². The summed E-state index contributed by atoms with van der Waals surface area (Å²) in [4.78, 5) is 22.2. The van der Waals surface area contributed by atoms with Crippen molar-refractivity contribution in [2.24, 2.45) is 0 Å². The lowest BCUT2D eigenvalue weighted by molar-refractivity contribution is -0.135. The van der Waals surface area contributed by atoms with Crippen LogP contribution in [0, 0.1) is 0 Å². The van der Waals surface area contributed by atoms with Gasteiger partial charge in [0.25, 0.3) is 0 Å². The molecule has 0 atom stereocenters. The molecule has 6 heteroatoms. The van der Waals surface area contributed by atoms with E-state index in [1.54, 1.807) is 23.3 Å². The number of rotatable bonds is 5. The molecule has 3 rings (SSSR count). The molecular formula is C18H19N3O2S. The molecule has 0 aliphatic carbocycles. The fourth-order valence-electron chi connectivity index (χ4n) is 2.69. The lowest BCUT2D eigenvalue weighted by atomic mass is 9.99. The predicted molar refractivity (Wildman–Crippen MR) is 97.8 cm³/mol. The molecule has 3 aromatic rings. The molecule has 0 aliphatic rings. The highest BCUT2D eigenvalue weighted by molar-refractivity contribution is 7.17. The smallest absolute Gasteiger partial charge is 0.323 e. The summed E-state index contributed by atoms with van der Waals surface area (Å²) in [7, 11) is 1.74. The van der Waals surface area contributed by atoms with Gasteiger partial charge in [0.1, 0.15) is 23.5 Å². The molecule has 24 heavy (non-hydrogen) atoms. The number of likely N-dealkylation sites (N-methyl/N-ethyl adjacent to an activating group) is 1. The summed E-state index contributed by atoms with van der Waals surface area (Å²) in [5.41, 5.74) is 3.42. The van der Waals surface area contributed by atoms with Crippen LogP contribution in [0.1, 0.15) is 25.3 Å². The van der Waals surface area contributed by atoms with Crippen LogP contribution < -0.4 is 4.90 Å². The van der Waals surface area contributed by atoms with Gasteiger partial charge in [0.05, 0.1) is 5.39 Å². The van der Waals surface area contributed by atoms with Gasteiger partial charge in [0.15, 0.2) is 0 Å². The van der Waals surface area contributed by atoms with Crippen LogP contribution in [-0.4, -0.2) is 34.6 Å². The van der Waals surface area contributed by atoms with E-state index in [1.165, 1.54) is 11.9 Å². The minimum Gasteiger partial charge on any atom is -0.480 e. The van der Waals surface area contributed by atoms with Crippen molar-refractivity contribution in [2.45, 2.75) is 19.8 Å². The molecule has 2 aromatic heterocycles. The molecule has 2 heterocycles. The molecule has 0 saturated carbocycles. The standard InChI is InChI=1S/C18H19N3O2S/c1-11(2)12-4-6-13(7-5-12)14-9-24-18-16(14)17(19-10-20-18)21(3)8-15(22)23/h4-7,9-11H,8H2,1-3H3,(H,22,23). The number of hydrogen-bond donors (Lipinski definition) is 1. The minimum atomic E-state index is -0.887. The summed E-state index contributed by atoms with van der Waals surface area (Å²) in [5.74, 6) is 0.243. The second kappa shape index (κ2) is 6.57. The normalized spacial score (nSPS) is 11.2. The number of carboxylic acids is 1. The van der Waals surface area contributed by atoms with Gasteiger partial charge in [-0.15, -0.1) is 11.3 Å². The van der Waals surface area contributed by atoms with E-state index in [4.69, 9.17) is 5.11 Å². The Kier molecular flexibility index (Phi) is 4.49. The highest BCUT2D eigenvalue weighted by atomic mass is 32.1. The summed E-state index contributed by atoms with van der Waals surface area (Å²) in [5, 5.41) is 12.0. The van der Waals surface area contributed by atoms with Gasteiger partial charge in [-0.25, -0.2) is 9.97 Å². The third kappa shape index (κ3) is 3.10. The van der Waals surface area contributed by atoms with Crippen LogP contribution in [0.3, 0.4) is 0 Å². The molecular weight excluding hydrogens is 322 g/mol. The molecule has 0 radical (unpaired) electrons. The van der Waals surface area contributed by atoms with Gasteiger partial charge in [0.2, 0.25) is 0 Å². The molecule has 0 spiro atoms. The number of thiophene rings is 1. The SMILES string of the molecule is CC(C)c1ccc(-c2csc3ncnc(N(C)CC(=O)O)c23)cc1. The summed E-state index contributed by atoms with van der Waals surface area (Å²) in [6, 6.07) is 8.47. The van der Waals surface area contributed by atoms with Crippen LogP contribution >= 0.6 is 11.3 Å². The Balaban J connectivity index is 2.10. The Morgan fingerprint density at radius 1 is 1.25 bits per heavy atom. The van der Waals surface area contributed by atoms with E-state index in [0.29, 0.717) is 11.7 Å². The maximum absolute atomic E-state index is 11.0. The van der Waals surface area contributed by atoms with E-state index in [2.05, 4.69) is 53.5 Å². The number of benzene rings is 1. The van der Waals surface area contributed by atoms with Crippen molar-refractivity contribution in [3.63, 3.8) is 0 Å². The summed E-state index contributed by atoms with van der Waals surface area (Å²) in [6.45, 7) is 4.23. The van der Waals surface area contributed by atoms with Crippen LogP contribution in [-0.2, 0) is 4.79 Å². The van der Waals surface area contributed by atoms with Crippen molar-refractivity contribution in [2.75, 3.05) is 18.5 Å². The largest absolute Gasteiger partial charge is 0.480 e. The van der Waals surface area contributed by atoms with Crippen LogP contribution in [0.4, 0.5) is 5.82 Å². The Hall–Kier alpha value is -2.47. The van der Waals surface area contributed by atoms with E-state index in [9.17, 15) is 4.79 Å². The second-order valence-corrected chi connectivity index (χ2v) is 6.91. The quantitative estimate of drug-likeness (QED) is 0.760. The Labute approximate surface area is 144 Å². The zero-order valence-electron chi connectivity index (χ0n) is 13.9. The van der Waals surface area contributed by atoms with Crippen molar-refractivity contribution >= 4 is 33.3 Å². The maximum atomic E-state index is 11.0. The first-order valence-corrected chi connectivity index (χ1v) is 8.60. The third-order valence-corrected chi connectivity index (χ3v) is 4.86.